The van der Waals surface area contributed by atoms with Crippen LogP contribution in [0.2, 0.25) is 0 Å². The third-order valence-corrected chi connectivity index (χ3v) is 2.56. The van der Waals surface area contributed by atoms with Gasteiger partial charge in [0.05, 0.1) is 0 Å². The number of hydrogen-bond donors (Lipinski definition) is 1. The van der Waals surface area contributed by atoms with Gasteiger partial charge in [-0.1, -0.05) is 18.2 Å². The van der Waals surface area contributed by atoms with E-state index in [9.17, 15) is 4.79 Å². The Morgan fingerprint density at radius 2 is 2.14 bits per heavy atom. The Hall–Kier alpha value is -0.960. The Kier molecular flexibility index (Phi) is 4.53. The maximum atomic E-state index is 11.4. The fourth-order valence-corrected chi connectivity index (χ4v) is 1.51. The Morgan fingerprint density at radius 3 is 2.79 bits per heavy atom. The molecule has 0 aliphatic heterocycles. The van der Waals surface area contributed by atoms with Crippen molar-refractivity contribution in [1.82, 2.24) is 0 Å². The molecule has 0 heterocycles. The molecule has 1 aromatic rings. The summed E-state index contributed by atoms with van der Waals surface area (Å²) in [7, 11) is 0. The number of para-hydroxylation sites is 1. The third kappa shape index (κ3) is 3.42. The Bertz CT molecular complexity index is 312. The van der Waals surface area contributed by atoms with Crippen LogP contribution in [-0.4, -0.2) is 17.9 Å². The molecule has 0 atom stereocenters. The number of benzene rings is 1. The number of amides is 1. The lowest BCUT2D eigenvalue weighted by Gasteiger charge is -2.06. The van der Waals surface area contributed by atoms with E-state index in [2.05, 4.69) is 5.32 Å². The lowest BCUT2D eigenvalue weighted by atomic mass is 10.2. The molecular weight excluding hydrogens is 194 g/mol. The highest BCUT2D eigenvalue weighted by molar-refractivity contribution is 7.98. The molecule has 0 aliphatic rings. The van der Waals surface area contributed by atoms with Crippen LogP contribution in [0.3, 0.4) is 0 Å². The molecule has 3 heteroatoms. The van der Waals surface area contributed by atoms with E-state index in [0.29, 0.717) is 6.42 Å². The van der Waals surface area contributed by atoms with Gasteiger partial charge in [-0.15, -0.1) is 0 Å². The molecule has 0 unspecified atom stereocenters. The van der Waals surface area contributed by atoms with Gasteiger partial charge in [-0.2, -0.15) is 11.8 Å². The van der Waals surface area contributed by atoms with Crippen molar-refractivity contribution in [2.24, 2.45) is 0 Å². The van der Waals surface area contributed by atoms with Gasteiger partial charge in [0.25, 0.3) is 0 Å². The predicted molar refractivity (Wildman–Crippen MR) is 62.8 cm³/mol. The van der Waals surface area contributed by atoms with Gasteiger partial charge in [0.2, 0.25) is 5.91 Å². The van der Waals surface area contributed by atoms with Gasteiger partial charge in [0.1, 0.15) is 0 Å². The molecular formula is C11H15NOS. The summed E-state index contributed by atoms with van der Waals surface area (Å²) < 4.78 is 0. The van der Waals surface area contributed by atoms with Gasteiger partial charge in [-0.05, 0) is 24.8 Å². The van der Waals surface area contributed by atoms with E-state index in [1.54, 1.807) is 11.8 Å². The number of nitrogens with one attached hydrogen (secondary N) is 1. The number of aryl methyl sites for hydroxylation is 1. The van der Waals surface area contributed by atoms with Crippen molar-refractivity contribution in [3.8, 4) is 0 Å². The average Bonchev–Trinajstić information content (AvgIpc) is 2.18. The van der Waals surface area contributed by atoms with Crippen LogP contribution >= 0.6 is 11.8 Å². The second-order valence-electron chi connectivity index (χ2n) is 3.11. The van der Waals surface area contributed by atoms with Crippen molar-refractivity contribution in [1.29, 1.82) is 0 Å². The summed E-state index contributed by atoms with van der Waals surface area (Å²) in [5.41, 5.74) is 2.02. The van der Waals surface area contributed by atoms with Crippen LogP contribution in [0.15, 0.2) is 24.3 Å². The summed E-state index contributed by atoms with van der Waals surface area (Å²) in [5.74, 6) is 0.964. The fraction of sp³-hybridized carbons (Fsp3) is 0.364. The Morgan fingerprint density at radius 1 is 1.43 bits per heavy atom. The normalized spacial score (nSPS) is 9.86. The Labute approximate surface area is 89.1 Å². The molecule has 14 heavy (non-hydrogen) atoms. The molecule has 0 fully saturated rings. The Balaban J connectivity index is 2.52. The number of hydrogen-bond acceptors (Lipinski definition) is 2. The van der Waals surface area contributed by atoms with E-state index in [0.717, 1.165) is 17.0 Å². The summed E-state index contributed by atoms with van der Waals surface area (Å²) in [6, 6.07) is 7.81. The van der Waals surface area contributed by atoms with E-state index in [1.165, 1.54) is 0 Å². The summed E-state index contributed by atoms with van der Waals surface area (Å²) in [6.45, 7) is 1.99. The van der Waals surface area contributed by atoms with Crippen LogP contribution in [0.5, 0.6) is 0 Å². The first kappa shape index (κ1) is 11.1. The number of anilines is 1. The average molecular weight is 209 g/mol. The second kappa shape index (κ2) is 5.70. The van der Waals surface area contributed by atoms with Crippen LogP contribution in [0, 0.1) is 6.92 Å². The van der Waals surface area contributed by atoms with E-state index in [4.69, 9.17) is 0 Å². The highest BCUT2D eigenvalue weighted by atomic mass is 32.2. The molecule has 0 saturated carbocycles. The summed E-state index contributed by atoms with van der Waals surface area (Å²) in [5, 5.41) is 2.89. The number of rotatable bonds is 4. The minimum absolute atomic E-state index is 0.0913. The molecule has 0 spiro atoms. The first-order valence-electron chi connectivity index (χ1n) is 4.58. The quantitative estimate of drug-likeness (QED) is 0.826. The van der Waals surface area contributed by atoms with Crippen molar-refractivity contribution in [3.05, 3.63) is 29.8 Å². The first-order valence-corrected chi connectivity index (χ1v) is 5.98. The minimum Gasteiger partial charge on any atom is -0.326 e. The van der Waals surface area contributed by atoms with E-state index in [1.807, 2.05) is 37.4 Å². The van der Waals surface area contributed by atoms with Crippen molar-refractivity contribution in [2.45, 2.75) is 13.3 Å². The van der Waals surface area contributed by atoms with Gasteiger partial charge in [-0.3, -0.25) is 4.79 Å². The molecule has 2 nitrogen and oxygen atoms in total. The molecule has 1 amide bonds. The van der Waals surface area contributed by atoms with Gasteiger partial charge in [0.15, 0.2) is 0 Å². The zero-order chi connectivity index (χ0) is 10.4. The van der Waals surface area contributed by atoms with Crippen LogP contribution in [-0.2, 0) is 4.79 Å². The van der Waals surface area contributed by atoms with Crippen molar-refractivity contribution < 1.29 is 4.79 Å². The number of carbonyl (C=O) groups is 1. The maximum absolute atomic E-state index is 11.4. The maximum Gasteiger partial charge on any atom is 0.225 e. The van der Waals surface area contributed by atoms with Crippen LogP contribution in [0.4, 0.5) is 5.69 Å². The zero-order valence-corrected chi connectivity index (χ0v) is 9.36. The van der Waals surface area contributed by atoms with Gasteiger partial charge < -0.3 is 5.32 Å². The van der Waals surface area contributed by atoms with Gasteiger partial charge in [-0.25, -0.2) is 0 Å². The van der Waals surface area contributed by atoms with E-state index in [-0.39, 0.29) is 5.91 Å². The van der Waals surface area contributed by atoms with Crippen molar-refractivity contribution >= 4 is 23.4 Å². The fourth-order valence-electron chi connectivity index (χ4n) is 1.12. The largest absolute Gasteiger partial charge is 0.326 e. The first-order chi connectivity index (χ1) is 6.74. The smallest absolute Gasteiger partial charge is 0.225 e. The molecule has 0 aromatic heterocycles. The second-order valence-corrected chi connectivity index (χ2v) is 4.09. The van der Waals surface area contributed by atoms with Crippen LogP contribution < -0.4 is 5.32 Å². The molecule has 1 N–H and O–H groups in total. The standard InChI is InChI=1S/C11H15NOS/c1-9-5-3-4-6-10(9)12-11(13)7-8-14-2/h3-6H,7-8H2,1-2H3,(H,12,13). The van der Waals surface area contributed by atoms with Gasteiger partial charge in [0, 0.05) is 17.9 Å². The molecule has 0 aliphatic carbocycles. The molecule has 0 saturated heterocycles. The molecule has 76 valence electrons. The lowest BCUT2D eigenvalue weighted by molar-refractivity contribution is -0.115. The SMILES string of the molecule is CSCCC(=O)Nc1ccccc1C. The molecule has 0 bridgehead atoms. The molecule has 1 rings (SSSR count). The summed E-state index contributed by atoms with van der Waals surface area (Å²) in [4.78, 5) is 11.4. The van der Waals surface area contributed by atoms with Crippen LogP contribution in [0.1, 0.15) is 12.0 Å². The number of carbonyl (C=O) groups excluding carboxylic acids is 1. The highest BCUT2D eigenvalue weighted by Crippen LogP contribution is 2.13. The minimum atomic E-state index is 0.0913. The van der Waals surface area contributed by atoms with E-state index >= 15 is 0 Å². The van der Waals surface area contributed by atoms with Gasteiger partial charge >= 0.3 is 0 Å². The van der Waals surface area contributed by atoms with Crippen molar-refractivity contribution in [3.63, 3.8) is 0 Å². The molecule has 0 radical (unpaired) electrons. The van der Waals surface area contributed by atoms with Crippen LogP contribution in [0.25, 0.3) is 0 Å². The summed E-state index contributed by atoms with van der Waals surface area (Å²) >= 11 is 1.68. The van der Waals surface area contributed by atoms with E-state index < -0.39 is 0 Å². The zero-order valence-electron chi connectivity index (χ0n) is 8.54. The number of thioether (sulfide) groups is 1. The third-order valence-electron chi connectivity index (χ3n) is 1.95. The summed E-state index contributed by atoms with van der Waals surface area (Å²) in [6.07, 6.45) is 2.58. The monoisotopic (exact) mass is 209 g/mol. The molecule has 1 aromatic carbocycles. The topological polar surface area (TPSA) is 29.1 Å². The van der Waals surface area contributed by atoms with Crippen molar-refractivity contribution in [2.75, 3.05) is 17.3 Å². The predicted octanol–water partition coefficient (Wildman–Crippen LogP) is 2.69. The highest BCUT2D eigenvalue weighted by Gasteiger charge is 2.02. The lowest BCUT2D eigenvalue weighted by Crippen LogP contribution is -2.12.